The summed E-state index contributed by atoms with van der Waals surface area (Å²) in [5.41, 5.74) is 1.51. The Bertz CT molecular complexity index is 1000. The smallest absolute Gasteiger partial charge is 0.228 e. The number of hydrogen-bond acceptors (Lipinski definition) is 5. The van der Waals surface area contributed by atoms with E-state index in [1.807, 2.05) is 30.3 Å². The lowest BCUT2D eigenvalue weighted by Gasteiger charge is -2.26. The first kappa shape index (κ1) is 18.2. The second kappa shape index (κ2) is 7.80. The molecule has 0 unspecified atom stereocenters. The van der Waals surface area contributed by atoms with Crippen LogP contribution in [-0.2, 0) is 9.59 Å². The topological polar surface area (TPSA) is 97.1 Å². The Morgan fingerprint density at radius 1 is 1.00 bits per heavy atom. The Morgan fingerprint density at radius 3 is 2.36 bits per heavy atom. The highest BCUT2D eigenvalue weighted by atomic mass is 16.5. The Kier molecular flexibility index (Phi) is 5.06. The van der Waals surface area contributed by atoms with Gasteiger partial charge >= 0.3 is 0 Å². The van der Waals surface area contributed by atoms with E-state index in [9.17, 15) is 9.59 Å². The van der Waals surface area contributed by atoms with E-state index in [2.05, 4.69) is 20.8 Å². The predicted octanol–water partition coefficient (Wildman–Crippen LogP) is 3.91. The van der Waals surface area contributed by atoms with Crippen LogP contribution in [0, 0.1) is 18.8 Å². The molecule has 0 saturated heterocycles. The quantitative estimate of drug-likeness (QED) is 0.717. The molecule has 1 saturated carbocycles. The van der Waals surface area contributed by atoms with Crippen LogP contribution >= 0.6 is 0 Å². The third-order valence-corrected chi connectivity index (χ3v) is 5.24. The van der Waals surface area contributed by atoms with Crippen molar-refractivity contribution in [2.24, 2.45) is 11.8 Å². The molecule has 4 rings (SSSR count). The van der Waals surface area contributed by atoms with Gasteiger partial charge < -0.3 is 15.2 Å². The van der Waals surface area contributed by atoms with Gasteiger partial charge in [0.2, 0.25) is 11.8 Å². The van der Waals surface area contributed by atoms with Crippen LogP contribution in [0.5, 0.6) is 0 Å². The number of pyridine rings is 1. The van der Waals surface area contributed by atoms with Gasteiger partial charge in [0.25, 0.3) is 0 Å². The highest BCUT2D eigenvalue weighted by molar-refractivity contribution is 6.01. The van der Waals surface area contributed by atoms with E-state index >= 15 is 0 Å². The molecular weight excluding hydrogens is 356 g/mol. The first-order valence-electron chi connectivity index (χ1n) is 9.49. The maximum absolute atomic E-state index is 12.7. The normalized spacial score (nSPS) is 19.3. The van der Waals surface area contributed by atoms with Crippen LogP contribution < -0.4 is 10.6 Å². The van der Waals surface area contributed by atoms with Gasteiger partial charge in [-0.2, -0.15) is 0 Å². The number of nitrogens with one attached hydrogen (secondary N) is 2. The molecule has 0 radical (unpaired) electrons. The lowest BCUT2D eigenvalue weighted by atomic mass is 9.81. The monoisotopic (exact) mass is 378 g/mol. The molecule has 0 atom stereocenters. The molecule has 7 nitrogen and oxygen atoms in total. The van der Waals surface area contributed by atoms with Gasteiger partial charge in [-0.1, -0.05) is 23.4 Å². The van der Waals surface area contributed by atoms with Crippen molar-refractivity contribution in [3.63, 3.8) is 0 Å². The van der Waals surface area contributed by atoms with Crippen molar-refractivity contribution in [1.82, 2.24) is 10.1 Å². The first-order valence-corrected chi connectivity index (χ1v) is 9.49. The Hall–Kier alpha value is -3.22. The largest absolute Gasteiger partial charge is 0.360 e. The molecule has 1 aliphatic rings. The molecule has 3 aromatic rings. The Morgan fingerprint density at radius 2 is 1.68 bits per heavy atom. The van der Waals surface area contributed by atoms with Crippen molar-refractivity contribution < 1.29 is 14.1 Å². The summed E-state index contributed by atoms with van der Waals surface area (Å²) in [4.78, 5) is 29.5. The molecule has 2 heterocycles. The number of amides is 2. The molecule has 7 heteroatoms. The van der Waals surface area contributed by atoms with Crippen LogP contribution in [0.2, 0.25) is 0 Å². The van der Waals surface area contributed by atoms with Crippen molar-refractivity contribution >= 4 is 34.2 Å². The molecule has 1 aromatic carbocycles. The third-order valence-electron chi connectivity index (χ3n) is 5.24. The maximum atomic E-state index is 12.7. The number of rotatable bonds is 4. The number of para-hydroxylation sites is 1. The molecule has 144 valence electrons. The number of anilines is 2. The summed E-state index contributed by atoms with van der Waals surface area (Å²) in [6.07, 6.45) is 4.43. The van der Waals surface area contributed by atoms with Crippen LogP contribution in [0.25, 0.3) is 10.9 Å². The molecular formula is C21H22N4O3. The SMILES string of the molecule is Cc1cc(NC(=O)C2CCC(C(=O)Nc3cccc4cccnc34)CC2)no1. The standard InChI is InChI=1S/C21H22N4O3/c1-13-12-18(25-28-13)24-21(27)16-9-7-15(8-10-16)20(26)23-17-6-2-4-14-5-3-11-22-19(14)17/h2-6,11-12,15-16H,7-10H2,1H3,(H,23,26)(H,24,25,27). The van der Waals surface area contributed by atoms with Gasteiger partial charge in [-0.3, -0.25) is 14.6 Å². The van der Waals surface area contributed by atoms with Gasteiger partial charge in [0.15, 0.2) is 5.82 Å². The summed E-state index contributed by atoms with van der Waals surface area (Å²) in [7, 11) is 0. The maximum Gasteiger partial charge on any atom is 0.228 e. The number of fused-ring (bicyclic) bond motifs is 1. The number of aromatic nitrogens is 2. The van der Waals surface area contributed by atoms with E-state index in [1.54, 1.807) is 19.2 Å². The van der Waals surface area contributed by atoms with Gasteiger partial charge in [-0.25, -0.2) is 0 Å². The van der Waals surface area contributed by atoms with Crippen molar-refractivity contribution in [2.45, 2.75) is 32.6 Å². The Labute approximate surface area is 162 Å². The summed E-state index contributed by atoms with van der Waals surface area (Å²) < 4.78 is 4.97. The molecule has 2 amide bonds. The van der Waals surface area contributed by atoms with Crippen molar-refractivity contribution in [3.05, 3.63) is 48.4 Å². The van der Waals surface area contributed by atoms with Gasteiger partial charge in [0, 0.05) is 29.5 Å². The molecule has 0 aliphatic heterocycles. The van der Waals surface area contributed by atoms with Crippen LogP contribution in [-0.4, -0.2) is 22.0 Å². The van der Waals surface area contributed by atoms with Gasteiger partial charge in [-0.05, 0) is 44.7 Å². The number of hydrogen-bond donors (Lipinski definition) is 2. The van der Waals surface area contributed by atoms with Crippen LogP contribution in [0.1, 0.15) is 31.4 Å². The van der Waals surface area contributed by atoms with Crippen LogP contribution in [0.4, 0.5) is 11.5 Å². The molecule has 0 bridgehead atoms. The van der Waals surface area contributed by atoms with Gasteiger partial charge in [0.1, 0.15) is 5.76 Å². The van der Waals surface area contributed by atoms with Crippen LogP contribution in [0.15, 0.2) is 47.1 Å². The van der Waals surface area contributed by atoms with Crippen LogP contribution in [0.3, 0.4) is 0 Å². The van der Waals surface area contributed by atoms with E-state index in [0.717, 1.165) is 16.6 Å². The lowest BCUT2D eigenvalue weighted by molar-refractivity contribution is -0.125. The van der Waals surface area contributed by atoms with Crippen molar-refractivity contribution in [3.8, 4) is 0 Å². The van der Waals surface area contributed by atoms with E-state index in [0.29, 0.717) is 37.3 Å². The molecule has 2 N–H and O–H groups in total. The first-order chi connectivity index (χ1) is 13.6. The minimum Gasteiger partial charge on any atom is -0.360 e. The average molecular weight is 378 g/mol. The van der Waals surface area contributed by atoms with E-state index in [4.69, 9.17) is 4.52 Å². The summed E-state index contributed by atoms with van der Waals surface area (Å²) >= 11 is 0. The van der Waals surface area contributed by atoms with E-state index in [1.165, 1.54) is 0 Å². The Balaban J connectivity index is 1.34. The van der Waals surface area contributed by atoms with E-state index in [-0.39, 0.29) is 23.7 Å². The van der Waals surface area contributed by atoms with E-state index < -0.39 is 0 Å². The molecule has 1 fully saturated rings. The third kappa shape index (κ3) is 3.88. The highest BCUT2D eigenvalue weighted by Crippen LogP contribution is 2.31. The summed E-state index contributed by atoms with van der Waals surface area (Å²) in [5.74, 6) is 0.802. The van der Waals surface area contributed by atoms with Gasteiger partial charge in [0.05, 0.1) is 11.2 Å². The number of benzene rings is 1. The molecule has 28 heavy (non-hydrogen) atoms. The zero-order chi connectivity index (χ0) is 19.5. The minimum atomic E-state index is -0.111. The zero-order valence-electron chi connectivity index (χ0n) is 15.6. The number of carbonyl (C=O) groups is 2. The molecule has 2 aromatic heterocycles. The number of nitrogens with zero attached hydrogens (tertiary/aromatic N) is 2. The molecule has 1 aliphatic carbocycles. The number of carbonyl (C=O) groups excluding carboxylic acids is 2. The van der Waals surface area contributed by atoms with Gasteiger partial charge in [-0.15, -0.1) is 0 Å². The van der Waals surface area contributed by atoms with Crippen molar-refractivity contribution in [1.29, 1.82) is 0 Å². The number of aryl methyl sites for hydroxylation is 1. The second-order valence-corrected chi connectivity index (χ2v) is 7.23. The second-order valence-electron chi connectivity index (χ2n) is 7.23. The average Bonchev–Trinajstić information content (AvgIpc) is 3.13. The fourth-order valence-corrected chi connectivity index (χ4v) is 3.71. The summed E-state index contributed by atoms with van der Waals surface area (Å²) in [5, 5.41) is 10.6. The minimum absolute atomic E-state index is 0.0101. The fraction of sp³-hybridized carbons (Fsp3) is 0.333. The summed E-state index contributed by atoms with van der Waals surface area (Å²) in [6, 6.07) is 11.3. The lowest BCUT2D eigenvalue weighted by Crippen LogP contribution is -2.32. The zero-order valence-corrected chi connectivity index (χ0v) is 15.6. The predicted molar refractivity (Wildman–Crippen MR) is 106 cm³/mol. The van der Waals surface area contributed by atoms with Crippen molar-refractivity contribution in [2.75, 3.05) is 10.6 Å². The molecule has 0 spiro atoms. The summed E-state index contributed by atoms with van der Waals surface area (Å²) in [6.45, 7) is 1.78. The highest BCUT2D eigenvalue weighted by Gasteiger charge is 2.30. The fourth-order valence-electron chi connectivity index (χ4n) is 3.71.